The molecule has 0 bridgehead atoms. The highest BCUT2D eigenvalue weighted by Gasteiger charge is 2.44. The minimum absolute atomic E-state index is 0.0245. The summed E-state index contributed by atoms with van der Waals surface area (Å²) in [5, 5.41) is 24.0. The maximum absolute atomic E-state index is 15.5. The Morgan fingerprint density at radius 2 is 1.64 bits per heavy atom. The lowest BCUT2D eigenvalue weighted by atomic mass is 9.85. The van der Waals surface area contributed by atoms with Gasteiger partial charge in [0.1, 0.15) is 23.7 Å². The number of aryl methyl sites for hydroxylation is 1. The second kappa shape index (κ2) is 23.5. The maximum Gasteiger partial charge on any atom is 0.246 e. The third kappa shape index (κ3) is 12.9. The highest BCUT2D eigenvalue weighted by molar-refractivity contribution is 7.13. The molecule has 6 heterocycles. The van der Waals surface area contributed by atoms with Crippen LogP contribution < -0.4 is 16.0 Å². The van der Waals surface area contributed by atoms with E-state index in [1.807, 2.05) is 79.3 Å². The lowest BCUT2D eigenvalue weighted by Gasteiger charge is -2.35. The van der Waals surface area contributed by atoms with E-state index in [-0.39, 0.29) is 74.9 Å². The van der Waals surface area contributed by atoms with Crippen LogP contribution in [0.3, 0.4) is 0 Å². The van der Waals surface area contributed by atoms with E-state index in [0.717, 1.165) is 40.1 Å². The smallest absolute Gasteiger partial charge is 0.246 e. The van der Waals surface area contributed by atoms with Crippen LogP contribution in [0.4, 0.5) is 8.78 Å². The molecule has 3 aromatic carbocycles. The second-order valence-electron chi connectivity index (χ2n) is 20.8. The van der Waals surface area contributed by atoms with Crippen molar-refractivity contribution in [2.75, 3.05) is 59.0 Å². The van der Waals surface area contributed by atoms with Crippen LogP contribution in [0.15, 0.2) is 78.7 Å². The summed E-state index contributed by atoms with van der Waals surface area (Å²) in [5.74, 6) is -2.54. The van der Waals surface area contributed by atoms with Gasteiger partial charge < -0.3 is 30.7 Å². The molecule has 0 saturated carbocycles. The number of β-amino-alcohol motifs (C(OH)–C–C–N with tert-alkyl or cyclic N) is 1. The molecular weight excluding hydrogens is 981 g/mol. The Kier molecular flexibility index (Phi) is 16.7. The standard InChI is InChI=1S/C55H65F2N11O6S/c1-34-51(75-33-61-34)36-12-10-35(11-13-36)26-60-53(72)47-25-40(69)30-67(47)54(73)52(55(2,3)4)64-48(70)9-6-16-58-49(71)32-65-17-14-39(15-18-65)68-29-38(27-62-68)46-28-59-45-8-5-7-41(50(45)63-46)37-23-43(56)42(44(57)24-37)31-66-19-21-74-22-20-66/h5,7-8,10-13,23-24,27-29,33,39-40,47,52,69H,6,9,14-22,25-26,30-32H2,1-4H3,(H,58,71)(H,60,72)(H,64,70)/t40-,47+,52-/m1/s1. The first-order valence-corrected chi connectivity index (χ1v) is 26.6. The number of nitrogens with one attached hydrogen (secondary N) is 3. The number of aliphatic hydroxyl groups is 1. The van der Waals surface area contributed by atoms with Crippen molar-refractivity contribution in [2.45, 2.75) is 97.1 Å². The van der Waals surface area contributed by atoms with E-state index in [2.05, 4.69) is 35.9 Å². The lowest BCUT2D eigenvalue weighted by molar-refractivity contribution is -0.144. The predicted octanol–water partition coefficient (Wildman–Crippen LogP) is 6.05. The number of fused-ring (bicyclic) bond motifs is 1. The molecule has 3 fully saturated rings. The molecule has 0 unspecified atom stereocenters. The fraction of sp³-hybridized carbons (Fsp3) is 0.455. The third-order valence-electron chi connectivity index (χ3n) is 14.3. The van der Waals surface area contributed by atoms with Gasteiger partial charge in [0.05, 0.1) is 77.1 Å². The summed E-state index contributed by atoms with van der Waals surface area (Å²) >= 11 is 1.57. The van der Waals surface area contributed by atoms with Crippen molar-refractivity contribution < 1.29 is 37.8 Å². The number of rotatable bonds is 17. The van der Waals surface area contributed by atoms with Gasteiger partial charge in [-0.25, -0.2) is 18.7 Å². The number of piperidine rings is 1. The Labute approximate surface area is 439 Å². The van der Waals surface area contributed by atoms with Gasteiger partial charge in [-0.05, 0) is 66.5 Å². The minimum Gasteiger partial charge on any atom is -0.391 e. The normalized spacial score (nSPS) is 18.3. The molecule has 3 saturated heterocycles. The van der Waals surface area contributed by atoms with Gasteiger partial charge in [0.2, 0.25) is 23.6 Å². The van der Waals surface area contributed by atoms with Crippen molar-refractivity contribution >= 4 is 46.0 Å². The number of thiazole rings is 1. The number of hydrogen-bond acceptors (Lipinski definition) is 13. The summed E-state index contributed by atoms with van der Waals surface area (Å²) in [7, 11) is 0. The number of amides is 4. The molecule has 20 heteroatoms. The van der Waals surface area contributed by atoms with Crippen LogP contribution in [-0.4, -0.2) is 145 Å². The third-order valence-corrected chi connectivity index (χ3v) is 15.3. The monoisotopic (exact) mass is 1050 g/mol. The van der Waals surface area contributed by atoms with Gasteiger partial charge in [0.15, 0.2) is 0 Å². The van der Waals surface area contributed by atoms with Crippen LogP contribution in [0.2, 0.25) is 0 Å². The zero-order valence-corrected chi connectivity index (χ0v) is 43.7. The molecule has 3 atom stereocenters. The fourth-order valence-electron chi connectivity index (χ4n) is 10.1. The van der Waals surface area contributed by atoms with E-state index in [1.165, 1.54) is 17.0 Å². The summed E-state index contributed by atoms with van der Waals surface area (Å²) in [5.41, 5.74) is 7.42. The number of morpholine rings is 1. The number of aromatic nitrogens is 5. The number of nitrogens with zero attached hydrogens (tertiary/aromatic N) is 8. The number of halogens is 2. The van der Waals surface area contributed by atoms with Gasteiger partial charge in [-0.2, -0.15) is 5.10 Å². The Morgan fingerprint density at radius 1 is 0.893 bits per heavy atom. The largest absolute Gasteiger partial charge is 0.391 e. The number of benzene rings is 3. The van der Waals surface area contributed by atoms with Crippen LogP contribution in [0.5, 0.6) is 0 Å². The minimum atomic E-state index is -0.957. The van der Waals surface area contributed by atoms with Crippen molar-refractivity contribution in [3.8, 4) is 32.8 Å². The first kappa shape index (κ1) is 53.3. The summed E-state index contributed by atoms with van der Waals surface area (Å²) in [6, 6.07) is 14.2. The Bertz CT molecular complexity index is 2980. The van der Waals surface area contributed by atoms with Gasteiger partial charge in [-0.1, -0.05) is 57.2 Å². The molecule has 17 nitrogen and oxygen atoms in total. The highest BCUT2D eigenvalue weighted by atomic mass is 32.1. The molecule has 4 N–H and O–H groups in total. The molecule has 3 aliphatic heterocycles. The van der Waals surface area contributed by atoms with E-state index in [4.69, 9.17) is 9.72 Å². The Morgan fingerprint density at radius 3 is 2.35 bits per heavy atom. The highest BCUT2D eigenvalue weighted by Crippen LogP contribution is 2.33. The Balaban J connectivity index is 0.715. The van der Waals surface area contributed by atoms with E-state index in [9.17, 15) is 24.3 Å². The number of ether oxygens (including phenoxy) is 1. The number of carbonyl (C=O) groups is 4. The average Bonchev–Trinajstić information content (AvgIpc) is 4.17. The molecule has 9 rings (SSSR count). The molecule has 0 aliphatic carbocycles. The molecular formula is C55H65F2N11O6S. The SMILES string of the molecule is Cc1ncsc1-c1ccc(CNC(=O)[C@@H]2C[C@@H](O)CN2C(=O)[C@@H](NC(=O)CCCNC(=O)CN2CCC(n3cc(-c4cnc5cccc(-c6cc(F)c(CN7CCOCC7)c(F)c6)c5n4)cn3)CC2)C(C)(C)C)cc1. The lowest BCUT2D eigenvalue weighted by Crippen LogP contribution is -2.57. The van der Waals surface area contributed by atoms with Crippen LogP contribution in [0, 0.1) is 24.0 Å². The molecule has 4 amide bonds. The van der Waals surface area contributed by atoms with Crippen molar-refractivity contribution in [2.24, 2.45) is 5.41 Å². The van der Waals surface area contributed by atoms with E-state index in [1.54, 1.807) is 35.9 Å². The van der Waals surface area contributed by atoms with Crippen LogP contribution >= 0.6 is 11.3 Å². The van der Waals surface area contributed by atoms with Crippen molar-refractivity contribution in [1.82, 2.24) is 55.4 Å². The van der Waals surface area contributed by atoms with Gasteiger partial charge >= 0.3 is 0 Å². The summed E-state index contributed by atoms with van der Waals surface area (Å²) in [6.45, 7) is 12.0. The van der Waals surface area contributed by atoms with Crippen LogP contribution in [0.25, 0.3) is 43.9 Å². The molecule has 0 spiro atoms. The summed E-state index contributed by atoms with van der Waals surface area (Å²) in [4.78, 5) is 74.3. The van der Waals surface area contributed by atoms with E-state index < -0.39 is 41.1 Å². The molecule has 3 aliphatic rings. The number of aliphatic hydroxyl groups excluding tert-OH is 1. The van der Waals surface area contributed by atoms with E-state index in [0.29, 0.717) is 73.7 Å². The van der Waals surface area contributed by atoms with Crippen molar-refractivity contribution in [1.29, 1.82) is 0 Å². The summed E-state index contributed by atoms with van der Waals surface area (Å²) in [6.07, 6.45) is 6.50. The molecule has 6 aromatic rings. The van der Waals surface area contributed by atoms with Gasteiger partial charge in [0, 0.05) is 88.1 Å². The first-order chi connectivity index (χ1) is 36.1. The number of para-hydroxylation sites is 1. The topological polar surface area (TPSA) is 200 Å². The van der Waals surface area contributed by atoms with Gasteiger partial charge in [0.25, 0.3) is 0 Å². The van der Waals surface area contributed by atoms with Crippen LogP contribution in [-0.2, 0) is 37.0 Å². The van der Waals surface area contributed by atoms with Crippen molar-refractivity contribution in [3.05, 3.63) is 107 Å². The quantitative estimate of drug-likeness (QED) is 0.0774. The molecule has 75 heavy (non-hydrogen) atoms. The molecule has 0 radical (unpaired) electrons. The average molecular weight is 1050 g/mol. The van der Waals surface area contributed by atoms with Crippen LogP contribution in [0.1, 0.15) is 75.7 Å². The summed E-state index contributed by atoms with van der Waals surface area (Å²) < 4.78 is 38.2. The maximum atomic E-state index is 15.5. The zero-order chi connectivity index (χ0) is 52.8. The predicted molar refractivity (Wildman–Crippen MR) is 281 cm³/mol. The number of carbonyl (C=O) groups excluding carboxylic acids is 4. The Hall–Kier alpha value is -6.58. The second-order valence-corrected chi connectivity index (χ2v) is 21.7. The number of hydrogen-bond donors (Lipinski definition) is 4. The van der Waals surface area contributed by atoms with Gasteiger partial charge in [-0.3, -0.25) is 38.6 Å². The molecule has 396 valence electrons. The fourth-order valence-corrected chi connectivity index (χ4v) is 10.9. The number of likely N-dealkylation sites (tertiary alicyclic amines) is 2. The van der Waals surface area contributed by atoms with Gasteiger partial charge in [-0.15, -0.1) is 11.3 Å². The van der Waals surface area contributed by atoms with Crippen molar-refractivity contribution in [3.63, 3.8) is 0 Å². The molecule has 3 aromatic heterocycles. The zero-order valence-electron chi connectivity index (χ0n) is 42.9. The first-order valence-electron chi connectivity index (χ1n) is 25.7. The van der Waals surface area contributed by atoms with E-state index >= 15 is 8.78 Å².